The molecule has 0 saturated carbocycles. The zero-order valence-electron chi connectivity index (χ0n) is 5.36. The van der Waals surface area contributed by atoms with Gasteiger partial charge in [-0.3, -0.25) is 0 Å². The quantitative estimate of drug-likeness (QED) is 0.790. The molecule has 0 unspecified atom stereocenters. The highest BCUT2D eigenvalue weighted by atomic mass is 79.9. The van der Waals surface area contributed by atoms with E-state index >= 15 is 0 Å². The van der Waals surface area contributed by atoms with Gasteiger partial charge in [-0.2, -0.15) is 0 Å². The van der Waals surface area contributed by atoms with Crippen LogP contribution in [0.15, 0.2) is 21.3 Å². The molecule has 4 heteroatoms. The second-order valence-corrected chi connectivity index (χ2v) is 3.29. The summed E-state index contributed by atoms with van der Waals surface area (Å²) in [6.07, 6.45) is 0. The first-order valence-corrected chi connectivity index (χ1v) is 4.32. The van der Waals surface area contributed by atoms with Crippen LogP contribution >= 0.6 is 31.9 Å². The Balaban J connectivity index is 3.07. The number of nitrogens with one attached hydrogen (secondary N) is 1. The molecule has 0 bridgehead atoms. The maximum Gasteiger partial charge on any atom is 0.130 e. The Morgan fingerprint density at radius 1 is 1.40 bits per heavy atom. The SMILES string of the molecule is CNc1ccc(Br)nc1Br. The Morgan fingerprint density at radius 2 is 2.10 bits per heavy atom. The number of pyridine rings is 1. The lowest BCUT2D eigenvalue weighted by atomic mass is 10.4. The normalized spacial score (nSPS) is 9.50. The highest BCUT2D eigenvalue weighted by Crippen LogP contribution is 2.21. The van der Waals surface area contributed by atoms with Crippen molar-refractivity contribution in [2.45, 2.75) is 0 Å². The first kappa shape index (κ1) is 8.01. The van der Waals surface area contributed by atoms with Gasteiger partial charge in [-0.1, -0.05) is 0 Å². The van der Waals surface area contributed by atoms with Gasteiger partial charge in [0, 0.05) is 7.05 Å². The number of hydrogen-bond donors (Lipinski definition) is 1. The smallest absolute Gasteiger partial charge is 0.130 e. The molecule has 0 aliphatic rings. The molecule has 1 aromatic rings. The van der Waals surface area contributed by atoms with Crippen LogP contribution in [-0.4, -0.2) is 12.0 Å². The van der Waals surface area contributed by atoms with E-state index in [1.807, 2.05) is 19.2 Å². The molecule has 0 spiro atoms. The van der Waals surface area contributed by atoms with Gasteiger partial charge in [0.05, 0.1) is 5.69 Å². The van der Waals surface area contributed by atoms with E-state index < -0.39 is 0 Å². The van der Waals surface area contributed by atoms with Gasteiger partial charge in [0.25, 0.3) is 0 Å². The Labute approximate surface area is 76.3 Å². The van der Waals surface area contributed by atoms with Gasteiger partial charge in [-0.25, -0.2) is 4.98 Å². The molecule has 0 atom stereocenters. The summed E-state index contributed by atoms with van der Waals surface area (Å²) in [7, 11) is 1.86. The number of nitrogens with zero attached hydrogens (tertiary/aromatic N) is 1. The average molecular weight is 266 g/mol. The van der Waals surface area contributed by atoms with E-state index in [4.69, 9.17) is 0 Å². The molecule has 1 N–H and O–H groups in total. The van der Waals surface area contributed by atoms with Crippen molar-refractivity contribution >= 4 is 37.5 Å². The van der Waals surface area contributed by atoms with E-state index in [9.17, 15) is 0 Å². The molecule has 0 amide bonds. The van der Waals surface area contributed by atoms with Crippen LogP contribution in [0.1, 0.15) is 0 Å². The van der Waals surface area contributed by atoms with E-state index in [-0.39, 0.29) is 0 Å². The van der Waals surface area contributed by atoms with Gasteiger partial charge in [-0.15, -0.1) is 0 Å². The summed E-state index contributed by atoms with van der Waals surface area (Å²) in [4.78, 5) is 4.12. The van der Waals surface area contributed by atoms with Crippen molar-refractivity contribution in [3.05, 3.63) is 21.3 Å². The van der Waals surface area contributed by atoms with Crippen LogP contribution in [0.2, 0.25) is 0 Å². The fourth-order valence-electron chi connectivity index (χ4n) is 0.599. The summed E-state index contributed by atoms with van der Waals surface area (Å²) in [5.74, 6) is 0. The minimum absolute atomic E-state index is 0.823. The van der Waals surface area contributed by atoms with E-state index in [1.54, 1.807) is 0 Å². The summed E-state index contributed by atoms with van der Waals surface area (Å²) in [5.41, 5.74) is 0.989. The van der Waals surface area contributed by atoms with Crippen molar-refractivity contribution in [2.24, 2.45) is 0 Å². The van der Waals surface area contributed by atoms with E-state index in [1.165, 1.54) is 0 Å². The lowest BCUT2D eigenvalue weighted by Crippen LogP contribution is -1.90. The number of aromatic nitrogens is 1. The zero-order valence-corrected chi connectivity index (χ0v) is 8.53. The van der Waals surface area contributed by atoms with Gasteiger partial charge in [-0.05, 0) is 44.0 Å². The maximum atomic E-state index is 4.12. The number of hydrogen-bond acceptors (Lipinski definition) is 2. The fourth-order valence-corrected chi connectivity index (χ4v) is 1.67. The van der Waals surface area contributed by atoms with Gasteiger partial charge >= 0.3 is 0 Å². The Bertz CT molecular complexity index is 237. The van der Waals surface area contributed by atoms with Crippen LogP contribution in [0.5, 0.6) is 0 Å². The number of rotatable bonds is 1. The third-order valence-electron chi connectivity index (χ3n) is 1.08. The van der Waals surface area contributed by atoms with Crippen molar-refractivity contribution in [3.8, 4) is 0 Å². The molecule has 0 aromatic carbocycles. The number of anilines is 1. The van der Waals surface area contributed by atoms with Gasteiger partial charge in [0.1, 0.15) is 9.21 Å². The predicted octanol–water partition coefficient (Wildman–Crippen LogP) is 2.65. The second-order valence-electron chi connectivity index (χ2n) is 1.72. The average Bonchev–Trinajstić information content (AvgIpc) is 1.88. The highest BCUT2D eigenvalue weighted by Gasteiger charge is 1.97. The molecule has 2 nitrogen and oxygen atoms in total. The van der Waals surface area contributed by atoms with Crippen LogP contribution in [-0.2, 0) is 0 Å². The van der Waals surface area contributed by atoms with Gasteiger partial charge < -0.3 is 5.32 Å². The van der Waals surface area contributed by atoms with Crippen molar-refractivity contribution < 1.29 is 0 Å². The monoisotopic (exact) mass is 264 g/mol. The summed E-state index contributed by atoms with van der Waals surface area (Å²) in [5, 5.41) is 2.99. The van der Waals surface area contributed by atoms with E-state index in [0.29, 0.717) is 0 Å². The standard InChI is InChI=1S/C6H6Br2N2/c1-9-4-2-3-5(7)10-6(4)8/h2-3,9H,1H3. The highest BCUT2D eigenvalue weighted by molar-refractivity contribution is 9.11. The molecule has 1 heterocycles. The summed E-state index contributed by atoms with van der Waals surface area (Å²) in [6, 6.07) is 3.83. The molecule has 1 aromatic heterocycles. The third-order valence-corrected chi connectivity index (χ3v) is 2.13. The fraction of sp³-hybridized carbons (Fsp3) is 0.167. The van der Waals surface area contributed by atoms with E-state index in [0.717, 1.165) is 14.9 Å². The van der Waals surface area contributed by atoms with Crippen molar-refractivity contribution in [2.75, 3.05) is 12.4 Å². The first-order chi connectivity index (χ1) is 4.74. The minimum Gasteiger partial charge on any atom is -0.386 e. The zero-order chi connectivity index (χ0) is 7.56. The molecular weight excluding hydrogens is 260 g/mol. The second kappa shape index (κ2) is 3.34. The predicted molar refractivity (Wildman–Crippen MR) is 49.2 cm³/mol. The number of halogens is 2. The molecule has 1 rings (SSSR count). The minimum atomic E-state index is 0.823. The van der Waals surface area contributed by atoms with Gasteiger partial charge in [0.15, 0.2) is 0 Å². The Kier molecular flexibility index (Phi) is 2.68. The Hall–Kier alpha value is -0.0900. The van der Waals surface area contributed by atoms with Crippen LogP contribution in [0.25, 0.3) is 0 Å². The van der Waals surface area contributed by atoms with Crippen molar-refractivity contribution in [1.82, 2.24) is 4.98 Å². The molecule has 0 fully saturated rings. The van der Waals surface area contributed by atoms with Crippen LogP contribution in [0.3, 0.4) is 0 Å². The molecule has 0 saturated heterocycles. The molecular formula is C6H6Br2N2. The lowest BCUT2D eigenvalue weighted by molar-refractivity contribution is 1.22. The lowest BCUT2D eigenvalue weighted by Gasteiger charge is -2.00. The molecule has 54 valence electrons. The van der Waals surface area contributed by atoms with E-state index in [2.05, 4.69) is 42.2 Å². The Morgan fingerprint density at radius 3 is 2.60 bits per heavy atom. The van der Waals surface area contributed by atoms with Crippen LogP contribution in [0, 0.1) is 0 Å². The summed E-state index contributed by atoms with van der Waals surface area (Å²) in [6.45, 7) is 0. The largest absolute Gasteiger partial charge is 0.386 e. The first-order valence-electron chi connectivity index (χ1n) is 2.74. The topological polar surface area (TPSA) is 24.9 Å². The van der Waals surface area contributed by atoms with Crippen molar-refractivity contribution in [3.63, 3.8) is 0 Å². The van der Waals surface area contributed by atoms with Crippen molar-refractivity contribution in [1.29, 1.82) is 0 Å². The molecule has 10 heavy (non-hydrogen) atoms. The van der Waals surface area contributed by atoms with Gasteiger partial charge in [0.2, 0.25) is 0 Å². The molecule has 0 aliphatic carbocycles. The van der Waals surface area contributed by atoms with Crippen LogP contribution < -0.4 is 5.32 Å². The molecule has 0 aliphatic heterocycles. The maximum absolute atomic E-state index is 4.12. The molecule has 0 radical (unpaired) electrons. The summed E-state index contributed by atoms with van der Waals surface area (Å²) >= 11 is 6.56. The third kappa shape index (κ3) is 1.70. The summed E-state index contributed by atoms with van der Waals surface area (Å²) < 4.78 is 1.66. The van der Waals surface area contributed by atoms with Crippen LogP contribution in [0.4, 0.5) is 5.69 Å².